The first kappa shape index (κ1) is 23.3. The van der Waals surface area contributed by atoms with E-state index in [4.69, 9.17) is 9.47 Å². The van der Waals surface area contributed by atoms with Crippen molar-refractivity contribution in [3.8, 4) is 17.2 Å². The van der Waals surface area contributed by atoms with E-state index in [2.05, 4.69) is 10.4 Å². The van der Waals surface area contributed by atoms with Crippen molar-refractivity contribution in [2.45, 2.75) is 24.8 Å². The summed E-state index contributed by atoms with van der Waals surface area (Å²) in [6.07, 6.45) is 1.21. The number of carbonyl (C=O) groups excluding carboxylic acids is 1. The Labute approximate surface area is 186 Å². The number of rotatable bonds is 9. The molecule has 1 aromatic heterocycles. The third-order valence-electron chi connectivity index (χ3n) is 4.49. The summed E-state index contributed by atoms with van der Waals surface area (Å²) >= 11 is 0. The highest BCUT2D eigenvalue weighted by Crippen LogP contribution is 2.29. The number of amides is 1. The van der Waals surface area contributed by atoms with Crippen LogP contribution in [0.15, 0.2) is 59.6 Å². The molecule has 0 unspecified atom stereocenters. The minimum atomic E-state index is -3.32. The second kappa shape index (κ2) is 9.84. The van der Waals surface area contributed by atoms with Gasteiger partial charge in [0.25, 0.3) is 5.91 Å². The lowest BCUT2D eigenvalue weighted by Crippen LogP contribution is -2.17. The lowest BCUT2D eigenvalue weighted by Gasteiger charge is -2.15. The third-order valence-corrected chi connectivity index (χ3v) is 6.24. The predicted octanol–water partition coefficient (Wildman–Crippen LogP) is 3.02. The van der Waals surface area contributed by atoms with Gasteiger partial charge in [-0.2, -0.15) is 5.10 Å². The maximum atomic E-state index is 12.7. The number of benzene rings is 2. The van der Waals surface area contributed by atoms with E-state index in [-0.39, 0.29) is 22.8 Å². The average molecular weight is 460 g/mol. The molecule has 0 bridgehead atoms. The lowest BCUT2D eigenvalue weighted by molar-refractivity contribution is 0.102. The number of aromatic nitrogens is 2. The Morgan fingerprint density at radius 3 is 2.41 bits per heavy atom. The molecule has 0 aliphatic heterocycles. The summed E-state index contributed by atoms with van der Waals surface area (Å²) in [5.74, 6) is 1.02. The summed E-state index contributed by atoms with van der Waals surface area (Å²) in [5, 5.41) is 16.1. The molecule has 0 aliphatic rings. The Morgan fingerprint density at radius 2 is 1.81 bits per heavy atom. The minimum absolute atomic E-state index is 0.00434. The SMILES string of the molecule is CCS(=O)(=O)c1ccc(Oc2cc(O[C@@H](C)CO)cc(C(=O)Nc3ccn(C)n3)c2)cc1. The van der Waals surface area contributed by atoms with Crippen LogP contribution in [-0.4, -0.2) is 47.7 Å². The molecule has 0 aliphatic carbocycles. The van der Waals surface area contributed by atoms with Gasteiger partial charge >= 0.3 is 0 Å². The molecule has 1 amide bonds. The molecule has 2 N–H and O–H groups in total. The quantitative estimate of drug-likeness (QED) is 0.505. The Hall–Kier alpha value is -3.37. The summed E-state index contributed by atoms with van der Waals surface area (Å²) in [6, 6.07) is 12.3. The highest BCUT2D eigenvalue weighted by molar-refractivity contribution is 7.91. The van der Waals surface area contributed by atoms with E-state index in [0.29, 0.717) is 23.1 Å². The van der Waals surface area contributed by atoms with Crippen molar-refractivity contribution in [1.29, 1.82) is 0 Å². The summed E-state index contributed by atoms with van der Waals surface area (Å²) in [5.41, 5.74) is 0.262. The summed E-state index contributed by atoms with van der Waals surface area (Å²) < 4.78 is 37.0. The maximum absolute atomic E-state index is 12.7. The number of aliphatic hydroxyl groups is 1. The van der Waals surface area contributed by atoms with E-state index in [1.807, 2.05) is 0 Å². The van der Waals surface area contributed by atoms with Crippen LogP contribution in [-0.2, 0) is 16.9 Å². The molecule has 0 radical (unpaired) electrons. The number of sulfone groups is 1. The van der Waals surface area contributed by atoms with Crippen molar-refractivity contribution in [2.24, 2.45) is 7.05 Å². The average Bonchev–Trinajstić information content (AvgIpc) is 3.18. The molecule has 0 fully saturated rings. The topological polar surface area (TPSA) is 120 Å². The van der Waals surface area contributed by atoms with Crippen molar-refractivity contribution < 1.29 is 27.8 Å². The summed E-state index contributed by atoms with van der Waals surface area (Å²) in [7, 11) is -1.58. The van der Waals surface area contributed by atoms with Crippen molar-refractivity contribution in [1.82, 2.24) is 9.78 Å². The molecule has 32 heavy (non-hydrogen) atoms. The monoisotopic (exact) mass is 459 g/mol. The smallest absolute Gasteiger partial charge is 0.257 e. The van der Waals surface area contributed by atoms with E-state index < -0.39 is 21.8 Å². The van der Waals surface area contributed by atoms with Crippen molar-refractivity contribution in [2.75, 3.05) is 17.7 Å². The molecule has 0 saturated carbocycles. The number of ether oxygens (including phenoxy) is 2. The van der Waals surface area contributed by atoms with Gasteiger partial charge in [-0.15, -0.1) is 0 Å². The molecule has 170 valence electrons. The summed E-state index contributed by atoms with van der Waals surface area (Å²) in [4.78, 5) is 12.9. The lowest BCUT2D eigenvalue weighted by atomic mass is 10.2. The van der Waals surface area contributed by atoms with Gasteiger partial charge in [0.1, 0.15) is 23.4 Å². The van der Waals surface area contributed by atoms with E-state index in [1.165, 1.54) is 24.3 Å². The van der Waals surface area contributed by atoms with Crippen molar-refractivity contribution in [3.05, 3.63) is 60.3 Å². The Kier molecular flexibility index (Phi) is 7.16. The van der Waals surface area contributed by atoms with Crippen LogP contribution in [0.3, 0.4) is 0 Å². The van der Waals surface area contributed by atoms with Gasteiger partial charge < -0.3 is 19.9 Å². The second-order valence-corrected chi connectivity index (χ2v) is 9.39. The zero-order chi connectivity index (χ0) is 23.3. The van der Waals surface area contributed by atoms with Crippen LogP contribution in [0, 0.1) is 0 Å². The standard InChI is InChI=1S/C22H25N3O6S/c1-4-32(28,29)20-7-5-17(6-8-20)31-19-12-16(11-18(13-19)30-15(2)14-26)22(27)23-21-9-10-25(3)24-21/h5-13,15,26H,4,14H2,1-3H3,(H,23,24,27)/t15-/m0/s1. The van der Waals surface area contributed by atoms with E-state index in [0.717, 1.165) is 0 Å². The van der Waals surface area contributed by atoms with Crippen molar-refractivity contribution >= 4 is 21.6 Å². The zero-order valence-electron chi connectivity index (χ0n) is 18.0. The molecule has 10 heteroatoms. The first-order valence-electron chi connectivity index (χ1n) is 9.94. The Morgan fingerprint density at radius 1 is 1.12 bits per heavy atom. The van der Waals surface area contributed by atoms with Crippen LogP contribution in [0.5, 0.6) is 17.2 Å². The third kappa shape index (κ3) is 5.86. The van der Waals surface area contributed by atoms with E-state index >= 15 is 0 Å². The number of carbonyl (C=O) groups is 1. The molecule has 9 nitrogen and oxygen atoms in total. The first-order chi connectivity index (χ1) is 15.2. The number of hydrogen-bond acceptors (Lipinski definition) is 7. The van der Waals surface area contributed by atoms with Crippen LogP contribution >= 0.6 is 0 Å². The normalized spacial score (nSPS) is 12.2. The van der Waals surface area contributed by atoms with Crippen LogP contribution in [0.25, 0.3) is 0 Å². The van der Waals surface area contributed by atoms with Gasteiger partial charge in [-0.05, 0) is 43.3 Å². The molecule has 0 spiro atoms. The first-order valence-corrected chi connectivity index (χ1v) is 11.6. The van der Waals surface area contributed by atoms with Gasteiger partial charge in [0.05, 0.1) is 17.3 Å². The maximum Gasteiger partial charge on any atom is 0.257 e. The van der Waals surface area contributed by atoms with Crippen LogP contribution < -0.4 is 14.8 Å². The highest BCUT2D eigenvalue weighted by atomic mass is 32.2. The minimum Gasteiger partial charge on any atom is -0.488 e. The fourth-order valence-corrected chi connectivity index (χ4v) is 3.67. The molecule has 1 heterocycles. The Bertz CT molecular complexity index is 1190. The van der Waals surface area contributed by atoms with Crippen LogP contribution in [0.2, 0.25) is 0 Å². The fourth-order valence-electron chi connectivity index (χ4n) is 2.79. The number of aliphatic hydroxyl groups excluding tert-OH is 1. The number of nitrogens with zero attached hydrogens (tertiary/aromatic N) is 2. The molecule has 3 rings (SSSR count). The fraction of sp³-hybridized carbons (Fsp3) is 0.273. The number of nitrogens with one attached hydrogen (secondary N) is 1. The predicted molar refractivity (Wildman–Crippen MR) is 119 cm³/mol. The van der Waals surface area contributed by atoms with Crippen molar-refractivity contribution in [3.63, 3.8) is 0 Å². The van der Waals surface area contributed by atoms with Gasteiger partial charge in [0, 0.05) is 30.9 Å². The van der Waals surface area contributed by atoms with Gasteiger partial charge in [-0.1, -0.05) is 6.92 Å². The number of hydrogen-bond donors (Lipinski definition) is 2. The second-order valence-electron chi connectivity index (χ2n) is 7.11. The van der Waals surface area contributed by atoms with Crippen LogP contribution in [0.1, 0.15) is 24.2 Å². The van der Waals surface area contributed by atoms with Gasteiger partial charge in [-0.25, -0.2) is 8.42 Å². The number of anilines is 1. The van der Waals surface area contributed by atoms with Gasteiger partial charge in [0.2, 0.25) is 0 Å². The largest absolute Gasteiger partial charge is 0.488 e. The summed E-state index contributed by atoms with van der Waals surface area (Å²) in [6.45, 7) is 3.07. The molecule has 0 saturated heterocycles. The van der Waals surface area contributed by atoms with Crippen LogP contribution in [0.4, 0.5) is 5.82 Å². The Balaban J connectivity index is 1.87. The van der Waals surface area contributed by atoms with Gasteiger partial charge in [0.15, 0.2) is 15.7 Å². The van der Waals surface area contributed by atoms with Gasteiger partial charge in [-0.3, -0.25) is 9.48 Å². The molecular weight excluding hydrogens is 434 g/mol. The van der Waals surface area contributed by atoms with E-state index in [9.17, 15) is 18.3 Å². The molecular formula is C22H25N3O6S. The van der Waals surface area contributed by atoms with E-state index in [1.54, 1.807) is 56.0 Å². The molecule has 3 aromatic rings. The highest BCUT2D eigenvalue weighted by Gasteiger charge is 2.15. The number of aryl methyl sites for hydroxylation is 1. The molecule has 2 aromatic carbocycles. The molecule has 1 atom stereocenters. The zero-order valence-corrected chi connectivity index (χ0v) is 18.8.